The average molecular weight is 485 g/mol. The smallest absolute Gasteiger partial charge is 0.342 e. The number of furan rings is 1. The first-order valence-corrected chi connectivity index (χ1v) is 12.0. The maximum Gasteiger partial charge on any atom is 0.342 e. The van der Waals surface area contributed by atoms with Gasteiger partial charge >= 0.3 is 5.97 Å². The first kappa shape index (κ1) is 23.6. The predicted octanol–water partition coefficient (Wildman–Crippen LogP) is 2.29. The van der Waals surface area contributed by atoms with Crippen molar-refractivity contribution in [3.63, 3.8) is 0 Å². The summed E-state index contributed by atoms with van der Waals surface area (Å²) in [6, 6.07) is 9.42. The van der Waals surface area contributed by atoms with Crippen molar-refractivity contribution in [3.8, 4) is 11.4 Å². The number of rotatable bonds is 5. The lowest BCUT2D eigenvalue weighted by atomic mass is 10.2. The quantitative estimate of drug-likeness (QED) is 0.506. The zero-order chi connectivity index (χ0) is 24.5. The predicted molar refractivity (Wildman–Crippen MR) is 122 cm³/mol. The van der Waals surface area contributed by atoms with Crippen molar-refractivity contribution in [1.82, 2.24) is 19.2 Å². The van der Waals surface area contributed by atoms with E-state index < -0.39 is 16.0 Å². The largest absolute Gasteiger partial charge is 0.465 e. The summed E-state index contributed by atoms with van der Waals surface area (Å²) in [6.07, 6.45) is 2.95. The molecule has 3 aromatic rings. The highest BCUT2D eigenvalue weighted by Gasteiger charge is 2.37. The lowest BCUT2D eigenvalue weighted by molar-refractivity contribution is 0.0594. The number of amides is 1. The zero-order valence-electron chi connectivity index (χ0n) is 19.0. The third kappa shape index (κ3) is 4.31. The number of piperazine rings is 1. The van der Waals surface area contributed by atoms with Crippen LogP contribution in [0, 0.1) is 13.8 Å². The Bertz CT molecular complexity index is 1310. The maximum atomic E-state index is 13.3. The molecule has 0 N–H and O–H groups in total. The number of aryl methyl sites for hydroxylation is 2. The molecule has 178 valence electrons. The van der Waals surface area contributed by atoms with E-state index in [9.17, 15) is 18.0 Å². The molecule has 1 amide bonds. The van der Waals surface area contributed by atoms with Gasteiger partial charge in [0.2, 0.25) is 10.0 Å². The molecule has 1 aliphatic heterocycles. The van der Waals surface area contributed by atoms with Crippen LogP contribution in [0.4, 0.5) is 0 Å². The Morgan fingerprint density at radius 1 is 0.971 bits per heavy atom. The van der Waals surface area contributed by atoms with Crippen LogP contribution >= 0.6 is 0 Å². The molecule has 0 spiro atoms. The number of methoxy groups -OCH3 is 1. The van der Waals surface area contributed by atoms with Crippen molar-refractivity contribution in [2.24, 2.45) is 0 Å². The minimum atomic E-state index is -4.03. The molecule has 0 saturated carbocycles. The second kappa shape index (κ2) is 9.35. The van der Waals surface area contributed by atoms with Gasteiger partial charge in [-0.25, -0.2) is 23.2 Å². The van der Waals surface area contributed by atoms with Crippen molar-refractivity contribution in [2.75, 3.05) is 33.3 Å². The monoisotopic (exact) mass is 484 g/mol. The molecule has 0 radical (unpaired) electrons. The Hall–Kier alpha value is -3.57. The number of esters is 1. The number of hydrogen-bond acceptors (Lipinski definition) is 8. The average Bonchev–Trinajstić information content (AvgIpc) is 3.18. The molecule has 4 rings (SSSR count). The molecule has 0 aliphatic carbocycles. The fraction of sp³-hybridized carbons (Fsp3) is 0.304. The molecule has 3 heterocycles. The van der Waals surface area contributed by atoms with Crippen LogP contribution in [0.15, 0.2) is 52.0 Å². The normalized spacial score (nSPS) is 14.7. The minimum absolute atomic E-state index is 0.0707. The molecule has 10 nitrogen and oxygen atoms in total. The van der Waals surface area contributed by atoms with Crippen molar-refractivity contribution in [1.29, 1.82) is 0 Å². The number of ether oxygens (including phenoxy) is 1. The number of carbonyl (C=O) groups is 2. The van der Waals surface area contributed by atoms with Crippen LogP contribution in [0.25, 0.3) is 11.4 Å². The van der Waals surface area contributed by atoms with E-state index in [-0.39, 0.29) is 54.1 Å². The van der Waals surface area contributed by atoms with Crippen LogP contribution in [0.1, 0.15) is 32.2 Å². The number of aromatic nitrogens is 2. The van der Waals surface area contributed by atoms with E-state index in [4.69, 9.17) is 9.15 Å². The third-order valence-corrected chi connectivity index (χ3v) is 7.70. The summed E-state index contributed by atoms with van der Waals surface area (Å²) in [6.45, 7) is 3.51. The molecule has 1 saturated heterocycles. The van der Waals surface area contributed by atoms with Gasteiger partial charge in [-0.2, -0.15) is 4.31 Å². The molecule has 1 aromatic carbocycles. The van der Waals surface area contributed by atoms with E-state index in [1.165, 1.54) is 37.7 Å². The van der Waals surface area contributed by atoms with Crippen molar-refractivity contribution in [3.05, 3.63) is 65.4 Å². The summed E-state index contributed by atoms with van der Waals surface area (Å²) in [4.78, 5) is 35.0. The van der Waals surface area contributed by atoms with E-state index in [0.717, 1.165) is 5.56 Å². The fourth-order valence-corrected chi connectivity index (χ4v) is 5.72. The number of benzene rings is 1. The molecule has 2 aromatic heterocycles. The van der Waals surface area contributed by atoms with E-state index >= 15 is 0 Å². The van der Waals surface area contributed by atoms with Crippen LogP contribution in [0.2, 0.25) is 0 Å². The molecule has 0 bridgehead atoms. The molecule has 0 atom stereocenters. The molecular formula is C23H24N4O6S. The molecule has 1 aliphatic rings. The molecule has 34 heavy (non-hydrogen) atoms. The van der Waals surface area contributed by atoms with Gasteiger partial charge in [0, 0.05) is 44.1 Å². The van der Waals surface area contributed by atoms with Crippen LogP contribution in [0.3, 0.4) is 0 Å². The van der Waals surface area contributed by atoms with Gasteiger partial charge < -0.3 is 14.1 Å². The lowest BCUT2D eigenvalue weighted by Crippen LogP contribution is -2.50. The van der Waals surface area contributed by atoms with Crippen molar-refractivity contribution in [2.45, 2.75) is 18.7 Å². The summed E-state index contributed by atoms with van der Waals surface area (Å²) in [5, 5.41) is 0. The second-order valence-corrected chi connectivity index (χ2v) is 9.64. The van der Waals surface area contributed by atoms with Crippen LogP contribution < -0.4 is 0 Å². The third-order valence-electron chi connectivity index (χ3n) is 5.65. The number of hydrogen-bond donors (Lipinski definition) is 0. The van der Waals surface area contributed by atoms with Crippen molar-refractivity contribution < 1.29 is 27.2 Å². The van der Waals surface area contributed by atoms with Crippen LogP contribution in [-0.4, -0.2) is 72.8 Å². The summed E-state index contributed by atoms with van der Waals surface area (Å²) < 4.78 is 38.0. The molecule has 0 unspecified atom stereocenters. The van der Waals surface area contributed by atoms with Gasteiger partial charge in [-0.1, -0.05) is 30.3 Å². The van der Waals surface area contributed by atoms with Gasteiger partial charge in [0.1, 0.15) is 22.0 Å². The lowest BCUT2D eigenvalue weighted by Gasteiger charge is -2.34. The van der Waals surface area contributed by atoms with Gasteiger partial charge in [0.15, 0.2) is 5.82 Å². The number of nitrogens with zero attached hydrogens (tertiary/aromatic N) is 4. The van der Waals surface area contributed by atoms with E-state index in [1.807, 2.05) is 30.3 Å². The SMILES string of the molecule is COC(=O)c1c(C)oc(C)c1S(=O)(=O)N1CCN(C(=O)c2cnc(-c3ccccc3)nc2)CC1. The van der Waals surface area contributed by atoms with E-state index in [0.29, 0.717) is 11.4 Å². The van der Waals surface area contributed by atoms with Gasteiger partial charge in [-0.15, -0.1) is 0 Å². The maximum absolute atomic E-state index is 13.3. The summed E-state index contributed by atoms with van der Waals surface area (Å²) in [7, 11) is -2.85. The Balaban J connectivity index is 1.47. The topological polar surface area (TPSA) is 123 Å². The zero-order valence-corrected chi connectivity index (χ0v) is 19.8. The Labute approximate surface area is 197 Å². The van der Waals surface area contributed by atoms with Gasteiger partial charge in [-0.05, 0) is 13.8 Å². The van der Waals surface area contributed by atoms with Crippen LogP contribution in [0.5, 0.6) is 0 Å². The summed E-state index contributed by atoms with van der Waals surface area (Å²) >= 11 is 0. The van der Waals surface area contributed by atoms with Crippen molar-refractivity contribution >= 4 is 21.9 Å². The van der Waals surface area contributed by atoms with Gasteiger partial charge in [0.05, 0.1) is 12.7 Å². The highest BCUT2D eigenvalue weighted by Crippen LogP contribution is 2.30. The second-order valence-electron chi connectivity index (χ2n) is 7.77. The minimum Gasteiger partial charge on any atom is -0.465 e. The summed E-state index contributed by atoms with van der Waals surface area (Å²) in [5.74, 6) is -0.245. The molecule has 1 fully saturated rings. The van der Waals surface area contributed by atoms with E-state index in [2.05, 4.69) is 9.97 Å². The van der Waals surface area contributed by atoms with Crippen LogP contribution in [-0.2, 0) is 14.8 Å². The molecular weight excluding hydrogens is 460 g/mol. The molecule has 11 heteroatoms. The Kier molecular flexibility index (Phi) is 6.49. The van der Waals surface area contributed by atoms with Gasteiger partial charge in [0.25, 0.3) is 5.91 Å². The first-order chi connectivity index (χ1) is 16.2. The van der Waals surface area contributed by atoms with E-state index in [1.54, 1.807) is 4.90 Å². The number of carbonyl (C=O) groups excluding carboxylic acids is 2. The highest BCUT2D eigenvalue weighted by molar-refractivity contribution is 7.89. The van der Waals surface area contributed by atoms with Gasteiger partial charge in [-0.3, -0.25) is 4.79 Å². The fourth-order valence-electron chi connectivity index (χ4n) is 3.93. The highest BCUT2D eigenvalue weighted by atomic mass is 32.2. The first-order valence-electron chi connectivity index (χ1n) is 10.6. The Morgan fingerprint density at radius 3 is 2.18 bits per heavy atom. The Morgan fingerprint density at radius 2 is 1.59 bits per heavy atom. The summed E-state index contributed by atoms with van der Waals surface area (Å²) in [5.41, 5.74) is 1.07. The number of sulfonamides is 1. The standard InChI is InChI=1S/C23H24N4O6S/c1-15-19(23(29)32-3)20(16(2)33-15)34(30,31)27-11-9-26(10-12-27)22(28)18-13-24-21(25-14-18)17-7-5-4-6-8-17/h4-8,13-14H,9-12H2,1-3H3.